The van der Waals surface area contributed by atoms with Crippen molar-refractivity contribution < 1.29 is 9.31 Å². The molecule has 0 N–H and O–H groups in total. The van der Waals surface area contributed by atoms with Crippen LogP contribution in [0.2, 0.25) is 0 Å². The highest BCUT2D eigenvalue weighted by molar-refractivity contribution is 5.20. The molecule has 0 spiro atoms. The molecule has 94 valence electrons. The molecule has 0 amide bonds. The van der Waals surface area contributed by atoms with Gasteiger partial charge in [-0.25, -0.2) is 4.39 Å². The van der Waals surface area contributed by atoms with E-state index in [1.165, 1.54) is 10.9 Å². The van der Waals surface area contributed by atoms with E-state index in [1.807, 2.05) is 7.05 Å². The molecule has 7 heteroatoms. The first-order chi connectivity index (χ1) is 7.98. The van der Waals surface area contributed by atoms with Crippen molar-refractivity contribution in [2.75, 3.05) is 20.1 Å². The minimum absolute atomic E-state index is 0.0919. The topological polar surface area (TPSA) is 64.2 Å². The zero-order chi connectivity index (χ0) is 12.5. The summed E-state index contributed by atoms with van der Waals surface area (Å²) in [7, 11) is 1.96. The van der Waals surface area contributed by atoms with Gasteiger partial charge in [-0.2, -0.15) is 5.10 Å². The monoisotopic (exact) mass is 242 g/mol. The molecule has 1 saturated heterocycles. The van der Waals surface area contributed by atoms with Gasteiger partial charge in [0.1, 0.15) is 18.1 Å². The van der Waals surface area contributed by atoms with Crippen LogP contribution >= 0.6 is 0 Å². The molecule has 6 nitrogen and oxygen atoms in total. The van der Waals surface area contributed by atoms with Crippen LogP contribution in [0.15, 0.2) is 12.4 Å². The molecule has 17 heavy (non-hydrogen) atoms. The Bertz CT molecular complexity index is 412. The van der Waals surface area contributed by atoms with E-state index in [9.17, 15) is 14.5 Å². The zero-order valence-electron chi connectivity index (χ0n) is 9.67. The molecule has 1 aliphatic heterocycles. The maximum absolute atomic E-state index is 14.4. The van der Waals surface area contributed by atoms with Crippen LogP contribution in [0.4, 0.5) is 10.1 Å². The number of nitrogens with zero attached hydrogens (tertiary/aromatic N) is 4. The molecule has 0 aromatic carbocycles. The van der Waals surface area contributed by atoms with Crippen molar-refractivity contribution in [3.63, 3.8) is 0 Å². The molecule has 1 aromatic heterocycles. The quantitative estimate of drug-likeness (QED) is 0.590. The second-order valence-corrected chi connectivity index (χ2v) is 4.61. The molecule has 0 bridgehead atoms. The van der Waals surface area contributed by atoms with E-state index >= 15 is 0 Å². The SMILES string of the molecule is CN1CCC(F)(Cn2cc([N+](=O)[O-])cn2)CC1. The number of piperidine rings is 1. The number of nitro groups is 1. The van der Waals surface area contributed by atoms with Crippen LogP contribution in [0.3, 0.4) is 0 Å². The number of hydrogen-bond acceptors (Lipinski definition) is 4. The maximum atomic E-state index is 14.4. The number of rotatable bonds is 3. The fraction of sp³-hybridized carbons (Fsp3) is 0.700. The van der Waals surface area contributed by atoms with Crippen LogP contribution in [0.1, 0.15) is 12.8 Å². The third kappa shape index (κ3) is 2.79. The van der Waals surface area contributed by atoms with Crippen LogP contribution in [0.5, 0.6) is 0 Å². The summed E-state index contributed by atoms with van der Waals surface area (Å²) < 4.78 is 15.7. The molecule has 0 saturated carbocycles. The van der Waals surface area contributed by atoms with Crippen LogP contribution < -0.4 is 0 Å². The highest BCUT2D eigenvalue weighted by Gasteiger charge is 2.34. The Morgan fingerprint density at radius 1 is 1.59 bits per heavy atom. The van der Waals surface area contributed by atoms with Gasteiger partial charge in [-0.05, 0) is 19.9 Å². The Balaban J connectivity index is 2.02. The lowest BCUT2D eigenvalue weighted by Crippen LogP contribution is -2.42. The summed E-state index contributed by atoms with van der Waals surface area (Å²) in [5.74, 6) is 0. The Labute approximate surface area is 98.2 Å². The van der Waals surface area contributed by atoms with Crippen molar-refractivity contribution in [2.45, 2.75) is 25.1 Å². The van der Waals surface area contributed by atoms with Gasteiger partial charge in [0.05, 0.1) is 11.5 Å². The third-order valence-corrected chi connectivity index (χ3v) is 3.16. The number of alkyl halides is 1. The molecule has 1 aliphatic rings. The molecular weight excluding hydrogens is 227 g/mol. The Morgan fingerprint density at radius 3 is 2.76 bits per heavy atom. The zero-order valence-corrected chi connectivity index (χ0v) is 9.67. The largest absolute Gasteiger partial charge is 0.306 e. The average Bonchev–Trinajstić information content (AvgIpc) is 2.71. The van der Waals surface area contributed by atoms with E-state index in [0.717, 1.165) is 6.20 Å². The van der Waals surface area contributed by atoms with Crippen LogP contribution in [0, 0.1) is 10.1 Å². The van der Waals surface area contributed by atoms with Crippen molar-refractivity contribution in [3.05, 3.63) is 22.5 Å². The van der Waals surface area contributed by atoms with Crippen molar-refractivity contribution in [2.24, 2.45) is 0 Å². The van der Waals surface area contributed by atoms with Crippen LogP contribution in [-0.4, -0.2) is 45.4 Å². The number of halogens is 1. The van der Waals surface area contributed by atoms with Gasteiger partial charge in [-0.1, -0.05) is 0 Å². The van der Waals surface area contributed by atoms with Gasteiger partial charge in [0, 0.05) is 13.1 Å². The van der Waals surface area contributed by atoms with Crippen LogP contribution in [0.25, 0.3) is 0 Å². The lowest BCUT2D eigenvalue weighted by molar-refractivity contribution is -0.385. The second-order valence-electron chi connectivity index (χ2n) is 4.61. The molecule has 0 unspecified atom stereocenters. The highest BCUT2D eigenvalue weighted by Crippen LogP contribution is 2.28. The van der Waals surface area contributed by atoms with Gasteiger partial charge >= 0.3 is 5.69 Å². The number of hydrogen-bond donors (Lipinski definition) is 0. The first-order valence-corrected chi connectivity index (χ1v) is 5.53. The molecule has 2 rings (SSSR count). The molecule has 1 fully saturated rings. The van der Waals surface area contributed by atoms with Gasteiger partial charge in [0.25, 0.3) is 0 Å². The molecule has 1 aromatic rings. The molecule has 0 radical (unpaired) electrons. The van der Waals surface area contributed by atoms with Crippen LogP contribution in [-0.2, 0) is 6.54 Å². The van der Waals surface area contributed by atoms with Crippen molar-refractivity contribution in [3.8, 4) is 0 Å². The standard InChI is InChI=1S/C10H15FN4O2/c1-13-4-2-10(11,3-5-13)8-14-7-9(6-12-14)15(16)17/h6-7H,2-5,8H2,1H3. The van der Waals surface area contributed by atoms with Gasteiger partial charge in [0.2, 0.25) is 0 Å². The molecule has 0 atom stereocenters. The van der Waals surface area contributed by atoms with E-state index < -0.39 is 10.6 Å². The molecule has 0 aliphatic carbocycles. The first kappa shape index (κ1) is 12.0. The van der Waals surface area contributed by atoms with E-state index in [2.05, 4.69) is 10.00 Å². The Kier molecular flexibility index (Phi) is 3.10. The summed E-state index contributed by atoms with van der Waals surface area (Å²) in [6.07, 6.45) is 3.31. The lowest BCUT2D eigenvalue weighted by Gasteiger charge is -2.34. The van der Waals surface area contributed by atoms with E-state index in [4.69, 9.17) is 0 Å². The Morgan fingerprint density at radius 2 is 2.24 bits per heavy atom. The minimum Gasteiger partial charge on any atom is -0.306 e. The van der Waals surface area contributed by atoms with Gasteiger partial charge in [-0.15, -0.1) is 0 Å². The lowest BCUT2D eigenvalue weighted by atomic mass is 9.94. The maximum Gasteiger partial charge on any atom is 0.306 e. The summed E-state index contributed by atoms with van der Waals surface area (Å²) in [5, 5.41) is 14.3. The summed E-state index contributed by atoms with van der Waals surface area (Å²) in [6.45, 7) is 1.51. The number of likely N-dealkylation sites (tertiary alicyclic amines) is 1. The van der Waals surface area contributed by atoms with Gasteiger partial charge < -0.3 is 4.90 Å². The van der Waals surface area contributed by atoms with Gasteiger partial charge in [-0.3, -0.25) is 14.8 Å². The van der Waals surface area contributed by atoms with Crippen molar-refractivity contribution in [1.82, 2.24) is 14.7 Å². The summed E-state index contributed by atoms with van der Waals surface area (Å²) in [6, 6.07) is 0. The van der Waals surface area contributed by atoms with E-state index in [-0.39, 0.29) is 12.2 Å². The van der Waals surface area contributed by atoms with E-state index in [0.29, 0.717) is 25.9 Å². The summed E-state index contributed by atoms with van der Waals surface area (Å²) in [5.41, 5.74) is -1.40. The summed E-state index contributed by atoms with van der Waals surface area (Å²) >= 11 is 0. The predicted octanol–water partition coefficient (Wildman–Crippen LogP) is 1.23. The second kappa shape index (κ2) is 4.40. The van der Waals surface area contributed by atoms with Crippen molar-refractivity contribution in [1.29, 1.82) is 0 Å². The molecule has 2 heterocycles. The predicted molar refractivity (Wildman–Crippen MR) is 59.5 cm³/mol. The van der Waals surface area contributed by atoms with Crippen molar-refractivity contribution >= 4 is 5.69 Å². The fourth-order valence-electron chi connectivity index (χ4n) is 2.00. The average molecular weight is 242 g/mol. The Hall–Kier alpha value is -1.50. The highest BCUT2D eigenvalue weighted by atomic mass is 19.1. The van der Waals surface area contributed by atoms with Gasteiger partial charge in [0.15, 0.2) is 0 Å². The fourth-order valence-corrected chi connectivity index (χ4v) is 2.00. The van der Waals surface area contributed by atoms with E-state index in [1.54, 1.807) is 0 Å². The third-order valence-electron chi connectivity index (χ3n) is 3.16. The smallest absolute Gasteiger partial charge is 0.306 e. The first-order valence-electron chi connectivity index (χ1n) is 5.53. The minimum atomic E-state index is -1.30. The number of aromatic nitrogens is 2. The normalized spacial score (nSPS) is 20.4. The summed E-state index contributed by atoms with van der Waals surface area (Å²) in [4.78, 5) is 12.0. The molecular formula is C10H15FN4O2.